The quantitative estimate of drug-likeness (QED) is 0.821. The van der Waals surface area contributed by atoms with Crippen molar-refractivity contribution in [1.82, 2.24) is 10.2 Å². The summed E-state index contributed by atoms with van der Waals surface area (Å²) in [6.07, 6.45) is 11.4. The SMILES string of the molecule is CCCC1CCC(NC)C(CN2CCCC(C)CC2)C1. The third-order valence-corrected chi connectivity index (χ3v) is 5.76. The molecule has 0 bridgehead atoms. The molecule has 1 aliphatic carbocycles. The molecule has 0 aromatic carbocycles. The van der Waals surface area contributed by atoms with Gasteiger partial charge in [0.25, 0.3) is 0 Å². The van der Waals surface area contributed by atoms with Gasteiger partial charge >= 0.3 is 0 Å². The first-order valence-corrected chi connectivity index (χ1v) is 9.12. The molecule has 0 amide bonds. The summed E-state index contributed by atoms with van der Waals surface area (Å²) in [5, 5.41) is 3.60. The monoisotopic (exact) mass is 280 g/mol. The Labute approximate surface area is 126 Å². The lowest BCUT2D eigenvalue weighted by Gasteiger charge is -2.39. The van der Waals surface area contributed by atoms with E-state index >= 15 is 0 Å². The summed E-state index contributed by atoms with van der Waals surface area (Å²) in [6.45, 7) is 8.80. The Morgan fingerprint density at radius 1 is 1.10 bits per heavy atom. The van der Waals surface area contributed by atoms with Crippen LogP contribution in [0.15, 0.2) is 0 Å². The molecule has 2 nitrogen and oxygen atoms in total. The second-order valence-corrected chi connectivity index (χ2v) is 7.46. The molecule has 20 heavy (non-hydrogen) atoms. The number of hydrogen-bond donors (Lipinski definition) is 1. The number of likely N-dealkylation sites (tertiary alicyclic amines) is 1. The third-order valence-electron chi connectivity index (χ3n) is 5.76. The van der Waals surface area contributed by atoms with E-state index in [0.29, 0.717) is 0 Å². The Morgan fingerprint density at radius 3 is 2.70 bits per heavy atom. The molecular weight excluding hydrogens is 244 g/mol. The first-order chi connectivity index (χ1) is 9.72. The Morgan fingerprint density at radius 2 is 1.95 bits per heavy atom. The van der Waals surface area contributed by atoms with Crippen molar-refractivity contribution >= 4 is 0 Å². The van der Waals surface area contributed by atoms with Gasteiger partial charge in [-0.05, 0) is 76.4 Å². The summed E-state index contributed by atoms with van der Waals surface area (Å²) in [5.74, 6) is 2.83. The third kappa shape index (κ3) is 4.73. The van der Waals surface area contributed by atoms with Gasteiger partial charge < -0.3 is 10.2 Å². The van der Waals surface area contributed by atoms with Gasteiger partial charge in [-0.2, -0.15) is 0 Å². The molecule has 1 heterocycles. The van der Waals surface area contributed by atoms with Crippen molar-refractivity contribution in [2.24, 2.45) is 17.8 Å². The molecule has 1 N–H and O–H groups in total. The second kappa shape index (κ2) is 8.38. The molecule has 2 rings (SSSR count). The first-order valence-electron chi connectivity index (χ1n) is 9.12. The van der Waals surface area contributed by atoms with Crippen LogP contribution in [0.2, 0.25) is 0 Å². The molecule has 4 unspecified atom stereocenters. The van der Waals surface area contributed by atoms with E-state index in [2.05, 4.69) is 31.1 Å². The summed E-state index contributed by atoms with van der Waals surface area (Å²) in [5.41, 5.74) is 0. The molecule has 1 saturated heterocycles. The number of nitrogens with zero attached hydrogens (tertiary/aromatic N) is 1. The van der Waals surface area contributed by atoms with Gasteiger partial charge in [0.1, 0.15) is 0 Å². The normalized spacial score (nSPS) is 36.8. The highest BCUT2D eigenvalue weighted by atomic mass is 15.1. The van der Waals surface area contributed by atoms with Crippen molar-refractivity contribution in [2.75, 3.05) is 26.7 Å². The van der Waals surface area contributed by atoms with Crippen LogP contribution in [0.3, 0.4) is 0 Å². The van der Waals surface area contributed by atoms with Gasteiger partial charge in [0.15, 0.2) is 0 Å². The number of nitrogens with one attached hydrogen (secondary N) is 1. The van der Waals surface area contributed by atoms with Gasteiger partial charge in [0.2, 0.25) is 0 Å². The molecule has 2 fully saturated rings. The Bertz CT molecular complexity index is 266. The van der Waals surface area contributed by atoms with Crippen LogP contribution in [0.25, 0.3) is 0 Å². The maximum atomic E-state index is 3.60. The van der Waals surface area contributed by atoms with E-state index in [9.17, 15) is 0 Å². The van der Waals surface area contributed by atoms with Gasteiger partial charge in [-0.15, -0.1) is 0 Å². The predicted molar refractivity (Wildman–Crippen MR) is 88.0 cm³/mol. The van der Waals surface area contributed by atoms with Gasteiger partial charge in [-0.3, -0.25) is 0 Å². The van der Waals surface area contributed by atoms with Crippen LogP contribution in [-0.2, 0) is 0 Å². The highest BCUT2D eigenvalue weighted by Crippen LogP contribution is 2.33. The highest BCUT2D eigenvalue weighted by molar-refractivity contribution is 4.86. The summed E-state index contributed by atoms with van der Waals surface area (Å²) in [7, 11) is 2.17. The summed E-state index contributed by atoms with van der Waals surface area (Å²) in [6, 6.07) is 0.767. The van der Waals surface area contributed by atoms with Gasteiger partial charge in [-0.25, -0.2) is 0 Å². The smallest absolute Gasteiger partial charge is 0.0105 e. The summed E-state index contributed by atoms with van der Waals surface area (Å²) < 4.78 is 0. The van der Waals surface area contributed by atoms with Crippen LogP contribution in [0, 0.1) is 17.8 Å². The zero-order valence-corrected chi connectivity index (χ0v) is 14.0. The van der Waals surface area contributed by atoms with Gasteiger partial charge in [-0.1, -0.05) is 26.7 Å². The van der Waals surface area contributed by atoms with E-state index < -0.39 is 0 Å². The molecular formula is C18H36N2. The average molecular weight is 280 g/mol. The molecule has 118 valence electrons. The lowest BCUT2D eigenvalue weighted by atomic mass is 9.76. The molecule has 0 aromatic rings. The Hall–Kier alpha value is -0.0800. The zero-order chi connectivity index (χ0) is 14.4. The number of hydrogen-bond acceptors (Lipinski definition) is 2. The van der Waals surface area contributed by atoms with Crippen LogP contribution < -0.4 is 5.32 Å². The Kier molecular flexibility index (Phi) is 6.83. The molecule has 2 aliphatic rings. The van der Waals surface area contributed by atoms with Crippen LogP contribution in [0.1, 0.15) is 65.2 Å². The second-order valence-electron chi connectivity index (χ2n) is 7.46. The van der Waals surface area contributed by atoms with Gasteiger partial charge in [0.05, 0.1) is 0 Å². The maximum absolute atomic E-state index is 3.60. The molecule has 0 aromatic heterocycles. The highest BCUT2D eigenvalue weighted by Gasteiger charge is 2.30. The van der Waals surface area contributed by atoms with E-state index in [1.54, 1.807) is 0 Å². The van der Waals surface area contributed by atoms with E-state index in [0.717, 1.165) is 23.8 Å². The standard InChI is InChI=1S/C18H36N2/c1-4-6-16-8-9-18(19-3)17(13-16)14-20-11-5-7-15(2)10-12-20/h15-19H,4-14H2,1-3H3. The average Bonchev–Trinajstić information content (AvgIpc) is 2.65. The zero-order valence-electron chi connectivity index (χ0n) is 14.0. The largest absolute Gasteiger partial charge is 0.317 e. The van der Waals surface area contributed by atoms with Crippen molar-refractivity contribution < 1.29 is 0 Å². The first kappa shape index (κ1) is 16.3. The van der Waals surface area contributed by atoms with Crippen molar-refractivity contribution in [3.63, 3.8) is 0 Å². The lowest BCUT2D eigenvalue weighted by Crippen LogP contribution is -2.45. The van der Waals surface area contributed by atoms with E-state index in [1.807, 2.05) is 0 Å². The predicted octanol–water partition coefficient (Wildman–Crippen LogP) is 3.91. The molecule has 1 aliphatic heterocycles. The van der Waals surface area contributed by atoms with Crippen molar-refractivity contribution in [1.29, 1.82) is 0 Å². The van der Waals surface area contributed by atoms with Crippen molar-refractivity contribution in [3.8, 4) is 0 Å². The lowest BCUT2D eigenvalue weighted by molar-refractivity contribution is 0.141. The molecule has 1 saturated carbocycles. The maximum Gasteiger partial charge on any atom is 0.0105 e. The fourth-order valence-corrected chi connectivity index (χ4v) is 4.45. The van der Waals surface area contributed by atoms with E-state index in [4.69, 9.17) is 0 Å². The Balaban J connectivity index is 1.86. The summed E-state index contributed by atoms with van der Waals surface area (Å²) in [4.78, 5) is 2.77. The molecule has 0 radical (unpaired) electrons. The number of rotatable bonds is 5. The van der Waals surface area contributed by atoms with Gasteiger partial charge in [0, 0.05) is 12.6 Å². The summed E-state index contributed by atoms with van der Waals surface area (Å²) >= 11 is 0. The molecule has 4 atom stereocenters. The van der Waals surface area contributed by atoms with Crippen LogP contribution in [-0.4, -0.2) is 37.6 Å². The van der Waals surface area contributed by atoms with E-state index in [1.165, 1.54) is 71.0 Å². The molecule has 0 spiro atoms. The van der Waals surface area contributed by atoms with Crippen LogP contribution >= 0.6 is 0 Å². The minimum absolute atomic E-state index is 0.767. The van der Waals surface area contributed by atoms with Crippen LogP contribution in [0.4, 0.5) is 0 Å². The van der Waals surface area contributed by atoms with Crippen molar-refractivity contribution in [2.45, 2.75) is 71.3 Å². The van der Waals surface area contributed by atoms with Crippen LogP contribution in [0.5, 0.6) is 0 Å². The molecule has 2 heteroatoms. The topological polar surface area (TPSA) is 15.3 Å². The van der Waals surface area contributed by atoms with Crippen molar-refractivity contribution in [3.05, 3.63) is 0 Å². The minimum atomic E-state index is 0.767. The van der Waals surface area contributed by atoms with E-state index in [-0.39, 0.29) is 0 Å². The fraction of sp³-hybridized carbons (Fsp3) is 1.00. The minimum Gasteiger partial charge on any atom is -0.317 e. The fourth-order valence-electron chi connectivity index (χ4n) is 4.45.